The Balaban J connectivity index is 2.20. The van der Waals surface area contributed by atoms with Crippen molar-refractivity contribution in [1.29, 1.82) is 0 Å². The summed E-state index contributed by atoms with van der Waals surface area (Å²) >= 11 is 11.9. The second kappa shape index (κ2) is 6.02. The summed E-state index contributed by atoms with van der Waals surface area (Å²) in [6.45, 7) is 0. The molecule has 1 saturated carbocycles. The summed E-state index contributed by atoms with van der Waals surface area (Å²) in [7, 11) is 1.52. The summed E-state index contributed by atoms with van der Waals surface area (Å²) in [6, 6.07) is 4.99. The number of alkyl halides is 1. The van der Waals surface area contributed by atoms with E-state index < -0.39 is 0 Å². The van der Waals surface area contributed by atoms with Gasteiger partial charge in [0.2, 0.25) is 0 Å². The van der Waals surface area contributed by atoms with Gasteiger partial charge in [-0.2, -0.15) is 0 Å². The Hall–Kier alpha value is -0.930. The fourth-order valence-electron chi connectivity index (χ4n) is 2.50. The van der Waals surface area contributed by atoms with Crippen molar-refractivity contribution >= 4 is 29.1 Å². The summed E-state index contributed by atoms with van der Waals surface area (Å²) in [5, 5.41) is 3.60. The van der Waals surface area contributed by atoms with Crippen LogP contribution in [0.3, 0.4) is 0 Å². The molecule has 1 aromatic rings. The molecule has 0 heterocycles. The molecule has 0 aromatic heterocycles. The SMILES string of the molecule is COc1cc(Cl)ccc1C(=O)NC1(CCl)CCCC1. The molecule has 0 radical (unpaired) electrons. The molecule has 1 aromatic carbocycles. The summed E-state index contributed by atoms with van der Waals surface area (Å²) in [4.78, 5) is 12.4. The monoisotopic (exact) mass is 301 g/mol. The van der Waals surface area contributed by atoms with E-state index in [9.17, 15) is 4.79 Å². The number of carbonyl (C=O) groups excluding carboxylic acids is 1. The fourth-order valence-corrected chi connectivity index (χ4v) is 3.00. The average Bonchev–Trinajstić information content (AvgIpc) is 2.87. The Labute approximate surface area is 123 Å². The second-order valence-electron chi connectivity index (χ2n) is 4.92. The maximum atomic E-state index is 12.4. The molecule has 0 bridgehead atoms. The third kappa shape index (κ3) is 3.15. The maximum absolute atomic E-state index is 12.4. The minimum Gasteiger partial charge on any atom is -0.496 e. The van der Waals surface area contributed by atoms with Crippen LogP contribution < -0.4 is 10.1 Å². The minimum atomic E-state index is -0.275. The van der Waals surface area contributed by atoms with E-state index in [0.717, 1.165) is 25.7 Å². The molecular formula is C14H17Cl2NO2. The van der Waals surface area contributed by atoms with Crippen LogP contribution >= 0.6 is 23.2 Å². The van der Waals surface area contributed by atoms with Crippen LogP contribution in [0, 0.1) is 0 Å². The van der Waals surface area contributed by atoms with Gasteiger partial charge in [-0.25, -0.2) is 0 Å². The second-order valence-corrected chi connectivity index (χ2v) is 5.62. The van der Waals surface area contributed by atoms with E-state index in [2.05, 4.69) is 5.32 Å². The number of hydrogen-bond donors (Lipinski definition) is 1. The third-order valence-corrected chi connectivity index (χ3v) is 4.35. The van der Waals surface area contributed by atoms with Gasteiger partial charge in [-0.1, -0.05) is 24.4 Å². The normalized spacial score (nSPS) is 17.2. The smallest absolute Gasteiger partial charge is 0.255 e. The molecule has 3 nitrogen and oxygen atoms in total. The van der Waals surface area contributed by atoms with Crippen LogP contribution in [0.2, 0.25) is 5.02 Å². The van der Waals surface area contributed by atoms with Crippen molar-refractivity contribution in [1.82, 2.24) is 5.32 Å². The Morgan fingerprint density at radius 1 is 1.42 bits per heavy atom. The van der Waals surface area contributed by atoms with Gasteiger partial charge in [0, 0.05) is 10.9 Å². The van der Waals surface area contributed by atoms with E-state index >= 15 is 0 Å². The molecule has 5 heteroatoms. The van der Waals surface area contributed by atoms with Crippen molar-refractivity contribution in [2.45, 2.75) is 31.2 Å². The fraction of sp³-hybridized carbons (Fsp3) is 0.500. The van der Waals surface area contributed by atoms with Gasteiger partial charge in [-0.05, 0) is 31.0 Å². The number of methoxy groups -OCH3 is 1. The Morgan fingerprint density at radius 3 is 2.68 bits per heavy atom. The molecule has 0 spiro atoms. The van der Waals surface area contributed by atoms with Crippen LogP contribution in [0.25, 0.3) is 0 Å². The molecule has 104 valence electrons. The van der Waals surface area contributed by atoms with Crippen LogP contribution in [0.1, 0.15) is 36.0 Å². The van der Waals surface area contributed by atoms with Crippen LogP contribution in [0.5, 0.6) is 5.75 Å². The average molecular weight is 302 g/mol. The summed E-state index contributed by atoms with van der Waals surface area (Å²) in [5.74, 6) is 0.762. The zero-order valence-electron chi connectivity index (χ0n) is 10.8. The number of rotatable bonds is 4. The van der Waals surface area contributed by atoms with E-state index in [4.69, 9.17) is 27.9 Å². The van der Waals surface area contributed by atoms with Crippen molar-refractivity contribution in [3.05, 3.63) is 28.8 Å². The molecule has 0 unspecified atom stereocenters. The first-order chi connectivity index (χ1) is 9.10. The molecule has 0 aliphatic heterocycles. The number of benzene rings is 1. The zero-order valence-corrected chi connectivity index (χ0v) is 12.4. The first-order valence-corrected chi connectivity index (χ1v) is 7.23. The van der Waals surface area contributed by atoms with Crippen molar-refractivity contribution in [3.8, 4) is 5.75 Å². The van der Waals surface area contributed by atoms with Crippen molar-refractivity contribution in [3.63, 3.8) is 0 Å². The Bertz CT molecular complexity index is 471. The summed E-state index contributed by atoms with van der Waals surface area (Å²) in [6.07, 6.45) is 4.06. The van der Waals surface area contributed by atoms with E-state index in [0.29, 0.717) is 22.2 Å². The third-order valence-electron chi connectivity index (χ3n) is 3.60. The van der Waals surface area contributed by atoms with Gasteiger partial charge in [0.05, 0.1) is 18.2 Å². The molecule has 0 atom stereocenters. The highest BCUT2D eigenvalue weighted by Crippen LogP contribution is 2.32. The number of ether oxygens (including phenoxy) is 1. The highest BCUT2D eigenvalue weighted by Gasteiger charge is 2.35. The van der Waals surface area contributed by atoms with Gasteiger partial charge >= 0.3 is 0 Å². The van der Waals surface area contributed by atoms with Gasteiger partial charge in [0.15, 0.2) is 0 Å². The molecule has 1 aliphatic rings. The molecular weight excluding hydrogens is 285 g/mol. The van der Waals surface area contributed by atoms with Gasteiger partial charge in [0.1, 0.15) is 5.75 Å². The molecule has 2 rings (SSSR count). The Kier molecular flexibility index (Phi) is 4.58. The molecule has 1 N–H and O–H groups in total. The first kappa shape index (κ1) is 14.5. The standard InChI is InChI=1S/C14H17Cl2NO2/c1-19-12-8-10(16)4-5-11(12)13(18)17-14(9-15)6-2-3-7-14/h4-5,8H,2-3,6-7,9H2,1H3,(H,17,18). The van der Waals surface area contributed by atoms with Crippen LogP contribution in [0.15, 0.2) is 18.2 Å². The molecule has 1 amide bonds. The Morgan fingerprint density at radius 2 is 2.11 bits per heavy atom. The zero-order chi connectivity index (χ0) is 13.9. The number of nitrogens with one attached hydrogen (secondary N) is 1. The highest BCUT2D eigenvalue weighted by molar-refractivity contribution is 6.30. The molecule has 1 aliphatic carbocycles. The number of amides is 1. The van der Waals surface area contributed by atoms with Crippen molar-refractivity contribution < 1.29 is 9.53 Å². The molecule has 0 saturated heterocycles. The van der Waals surface area contributed by atoms with Crippen LogP contribution in [-0.4, -0.2) is 24.4 Å². The van der Waals surface area contributed by atoms with Crippen molar-refractivity contribution in [2.75, 3.05) is 13.0 Å². The predicted octanol–water partition coefficient (Wildman–Crippen LogP) is 3.63. The molecule has 19 heavy (non-hydrogen) atoms. The quantitative estimate of drug-likeness (QED) is 0.863. The predicted molar refractivity (Wildman–Crippen MR) is 77.4 cm³/mol. The summed E-state index contributed by atoms with van der Waals surface area (Å²) in [5.41, 5.74) is 0.215. The largest absolute Gasteiger partial charge is 0.496 e. The van der Waals surface area contributed by atoms with Gasteiger partial charge < -0.3 is 10.1 Å². The lowest BCUT2D eigenvalue weighted by atomic mass is 9.99. The lowest BCUT2D eigenvalue weighted by molar-refractivity contribution is 0.0906. The minimum absolute atomic E-state index is 0.156. The molecule has 1 fully saturated rings. The van der Waals surface area contributed by atoms with Crippen molar-refractivity contribution in [2.24, 2.45) is 0 Å². The van der Waals surface area contributed by atoms with Gasteiger partial charge in [-0.15, -0.1) is 11.6 Å². The van der Waals surface area contributed by atoms with E-state index in [1.165, 1.54) is 7.11 Å². The van der Waals surface area contributed by atoms with Crippen LogP contribution in [0.4, 0.5) is 0 Å². The number of hydrogen-bond acceptors (Lipinski definition) is 2. The lowest BCUT2D eigenvalue weighted by Crippen LogP contribution is -2.47. The maximum Gasteiger partial charge on any atom is 0.255 e. The number of carbonyl (C=O) groups is 1. The lowest BCUT2D eigenvalue weighted by Gasteiger charge is -2.28. The van der Waals surface area contributed by atoms with Gasteiger partial charge in [0.25, 0.3) is 5.91 Å². The van der Waals surface area contributed by atoms with E-state index in [1.54, 1.807) is 18.2 Å². The van der Waals surface area contributed by atoms with Gasteiger partial charge in [-0.3, -0.25) is 4.79 Å². The number of halogens is 2. The van der Waals surface area contributed by atoms with E-state index in [-0.39, 0.29) is 11.4 Å². The van der Waals surface area contributed by atoms with Crippen LogP contribution in [-0.2, 0) is 0 Å². The topological polar surface area (TPSA) is 38.3 Å². The first-order valence-electron chi connectivity index (χ1n) is 6.32. The highest BCUT2D eigenvalue weighted by atomic mass is 35.5. The van der Waals surface area contributed by atoms with E-state index in [1.807, 2.05) is 0 Å². The summed E-state index contributed by atoms with van der Waals surface area (Å²) < 4.78 is 5.20.